The highest BCUT2D eigenvalue weighted by molar-refractivity contribution is 5.83. The lowest BCUT2D eigenvalue weighted by molar-refractivity contribution is 0.295. The molecule has 0 spiro atoms. The van der Waals surface area contributed by atoms with Crippen LogP contribution in [-0.2, 0) is 13.0 Å². The van der Waals surface area contributed by atoms with Crippen molar-refractivity contribution in [3.8, 4) is 22.5 Å². The molecule has 1 aromatic heterocycles. The number of unbranched alkanes of at least 4 members (excludes halogenated alkanes) is 1. The molecule has 36 heavy (non-hydrogen) atoms. The summed E-state index contributed by atoms with van der Waals surface area (Å²) in [4.78, 5) is 2.38. The zero-order valence-electron chi connectivity index (χ0n) is 20.6. The largest absolute Gasteiger partial charge is 0.335 e. The molecule has 0 saturated heterocycles. The van der Waals surface area contributed by atoms with Gasteiger partial charge in [-0.3, -0.25) is 5.01 Å². The van der Waals surface area contributed by atoms with E-state index in [1.807, 2.05) is 18.2 Å². The molecule has 0 saturated carbocycles. The first-order valence-corrected chi connectivity index (χ1v) is 12.5. The predicted molar refractivity (Wildman–Crippen MR) is 144 cm³/mol. The van der Waals surface area contributed by atoms with Gasteiger partial charge in [0, 0.05) is 24.7 Å². The number of allylic oxidation sites excluding steroid dienone is 1. The van der Waals surface area contributed by atoms with Crippen LogP contribution >= 0.6 is 0 Å². The lowest BCUT2D eigenvalue weighted by Gasteiger charge is -2.21. The van der Waals surface area contributed by atoms with Gasteiger partial charge >= 0.3 is 0 Å². The second kappa shape index (κ2) is 11.4. The van der Waals surface area contributed by atoms with Gasteiger partial charge in [-0.1, -0.05) is 98.3 Å². The van der Waals surface area contributed by atoms with Crippen LogP contribution in [-0.4, -0.2) is 43.0 Å². The molecule has 1 aliphatic rings. The maximum absolute atomic E-state index is 4.91. The fraction of sp³-hybridized carbons (Fsp3) is 0.241. The van der Waals surface area contributed by atoms with Crippen molar-refractivity contribution in [3.05, 3.63) is 102 Å². The highest BCUT2D eigenvalue weighted by Crippen LogP contribution is 2.30. The van der Waals surface area contributed by atoms with Crippen LogP contribution in [0.4, 0.5) is 0 Å². The van der Waals surface area contributed by atoms with Crippen molar-refractivity contribution < 1.29 is 0 Å². The molecule has 0 atom stereocenters. The Morgan fingerprint density at radius 1 is 0.889 bits per heavy atom. The number of aromatic amines is 1. The highest BCUT2D eigenvalue weighted by Gasteiger charge is 2.21. The van der Waals surface area contributed by atoms with E-state index < -0.39 is 0 Å². The van der Waals surface area contributed by atoms with E-state index in [1.165, 1.54) is 11.1 Å². The maximum atomic E-state index is 4.91. The molecule has 2 heterocycles. The monoisotopic (exact) mass is 477 g/mol. The van der Waals surface area contributed by atoms with Gasteiger partial charge in [0.05, 0.1) is 0 Å². The molecule has 4 aromatic rings. The van der Waals surface area contributed by atoms with Gasteiger partial charge in [0.2, 0.25) is 0 Å². The number of benzene rings is 3. The van der Waals surface area contributed by atoms with Crippen LogP contribution in [0.5, 0.6) is 0 Å². The highest BCUT2D eigenvalue weighted by atomic mass is 15.6. The summed E-state index contributed by atoms with van der Waals surface area (Å²) in [5.41, 5.74) is 5.79. The van der Waals surface area contributed by atoms with Crippen LogP contribution in [0.15, 0.2) is 96.2 Å². The molecular formula is C29H31N7. The first kappa shape index (κ1) is 23.5. The summed E-state index contributed by atoms with van der Waals surface area (Å²) in [6.07, 6.45) is 8.50. The molecule has 3 aromatic carbocycles. The van der Waals surface area contributed by atoms with Gasteiger partial charge in [-0.05, 0) is 45.5 Å². The molecule has 7 nitrogen and oxygen atoms in total. The van der Waals surface area contributed by atoms with Gasteiger partial charge < -0.3 is 4.90 Å². The third-order valence-electron chi connectivity index (χ3n) is 6.32. The number of tetrazole rings is 1. The second-order valence-corrected chi connectivity index (χ2v) is 8.97. The fourth-order valence-electron chi connectivity index (χ4n) is 4.41. The van der Waals surface area contributed by atoms with Gasteiger partial charge in [-0.25, -0.2) is 5.10 Å². The Morgan fingerprint density at radius 2 is 1.67 bits per heavy atom. The number of hydrogen-bond acceptors (Lipinski definition) is 6. The molecule has 0 fully saturated rings. The van der Waals surface area contributed by atoms with Crippen molar-refractivity contribution in [3.63, 3.8) is 0 Å². The average molecular weight is 478 g/mol. The van der Waals surface area contributed by atoms with Crippen molar-refractivity contribution in [2.45, 2.75) is 39.2 Å². The number of nitrogens with one attached hydrogen (secondary N) is 1. The number of amidine groups is 1. The lowest BCUT2D eigenvalue weighted by atomic mass is 9.98. The topological polar surface area (TPSA) is 73.3 Å². The summed E-state index contributed by atoms with van der Waals surface area (Å²) in [7, 11) is 0. The van der Waals surface area contributed by atoms with Crippen LogP contribution < -0.4 is 0 Å². The van der Waals surface area contributed by atoms with E-state index in [2.05, 4.69) is 110 Å². The Labute approximate surface area is 212 Å². The minimum absolute atomic E-state index is 0.670. The lowest BCUT2D eigenvalue weighted by Crippen LogP contribution is -2.29. The quantitative estimate of drug-likeness (QED) is 0.309. The van der Waals surface area contributed by atoms with E-state index in [9.17, 15) is 0 Å². The molecule has 0 unspecified atom stereocenters. The number of rotatable bonds is 10. The van der Waals surface area contributed by atoms with Gasteiger partial charge in [-0.2, -0.15) is 5.10 Å². The molecule has 182 valence electrons. The summed E-state index contributed by atoms with van der Waals surface area (Å²) in [6.45, 7) is 3.83. The zero-order chi connectivity index (χ0) is 24.6. The van der Waals surface area contributed by atoms with Gasteiger partial charge in [-0.15, -0.1) is 5.10 Å². The van der Waals surface area contributed by atoms with Crippen molar-refractivity contribution in [1.29, 1.82) is 0 Å². The van der Waals surface area contributed by atoms with E-state index in [0.717, 1.165) is 61.4 Å². The van der Waals surface area contributed by atoms with Crippen LogP contribution in [0.25, 0.3) is 22.5 Å². The van der Waals surface area contributed by atoms with E-state index in [4.69, 9.17) is 5.10 Å². The van der Waals surface area contributed by atoms with Gasteiger partial charge in [0.15, 0.2) is 5.82 Å². The van der Waals surface area contributed by atoms with Crippen LogP contribution in [0.1, 0.15) is 37.3 Å². The third kappa shape index (κ3) is 5.68. The summed E-state index contributed by atoms with van der Waals surface area (Å²) in [5, 5.41) is 21.4. The molecule has 0 bridgehead atoms. The summed E-state index contributed by atoms with van der Waals surface area (Å²) in [5.74, 6) is 1.83. The Morgan fingerprint density at radius 3 is 2.42 bits per heavy atom. The molecule has 1 N–H and O–H groups in total. The first-order valence-electron chi connectivity index (χ1n) is 12.5. The molecule has 7 heteroatoms. The fourth-order valence-corrected chi connectivity index (χ4v) is 4.41. The van der Waals surface area contributed by atoms with Crippen molar-refractivity contribution in [2.75, 3.05) is 6.67 Å². The van der Waals surface area contributed by atoms with Crippen molar-refractivity contribution in [2.24, 2.45) is 5.10 Å². The Kier molecular flexibility index (Phi) is 7.46. The van der Waals surface area contributed by atoms with Crippen molar-refractivity contribution in [1.82, 2.24) is 30.5 Å². The number of hydrogen-bond donors (Lipinski definition) is 1. The third-order valence-corrected chi connectivity index (χ3v) is 6.32. The van der Waals surface area contributed by atoms with Gasteiger partial charge in [0.1, 0.15) is 12.5 Å². The van der Waals surface area contributed by atoms with Crippen molar-refractivity contribution >= 4 is 5.84 Å². The molecule has 5 rings (SSSR count). The molecular weight excluding hydrogens is 446 g/mol. The number of hydrazone groups is 1. The van der Waals surface area contributed by atoms with E-state index >= 15 is 0 Å². The van der Waals surface area contributed by atoms with E-state index in [1.54, 1.807) is 0 Å². The smallest absolute Gasteiger partial charge is 0.180 e. The Hall–Kier alpha value is -4.26. The van der Waals surface area contributed by atoms with Crippen LogP contribution in [0.3, 0.4) is 0 Å². The van der Waals surface area contributed by atoms with E-state index in [-0.39, 0.29) is 0 Å². The van der Waals surface area contributed by atoms with Gasteiger partial charge in [0.25, 0.3) is 0 Å². The molecule has 1 aliphatic heterocycles. The summed E-state index contributed by atoms with van der Waals surface area (Å²) in [6, 6.07) is 27.5. The minimum atomic E-state index is 0.670. The molecule has 0 radical (unpaired) electrons. The zero-order valence-corrected chi connectivity index (χ0v) is 20.6. The maximum Gasteiger partial charge on any atom is 0.180 e. The number of H-pyrrole nitrogens is 1. The summed E-state index contributed by atoms with van der Waals surface area (Å²) >= 11 is 0. The molecule has 0 amide bonds. The van der Waals surface area contributed by atoms with E-state index in [0.29, 0.717) is 5.82 Å². The Bertz CT molecular complexity index is 1300. The second-order valence-electron chi connectivity index (χ2n) is 8.97. The average Bonchev–Trinajstić information content (AvgIpc) is 3.59. The predicted octanol–water partition coefficient (Wildman–Crippen LogP) is 5.87. The standard InChI is InChI=1S/C29H31N7/c1-2-3-15-28-32-36(20-9-12-23-10-5-4-6-11-23)22-35(28)21-24-16-18-25(19-17-24)26-13-7-8-14-27(26)29-30-33-34-31-29/h4-11,13-14,16-20H,2-3,12,15,21-22H2,1H3,(H,30,31,33,34). The van der Waals surface area contributed by atoms with Crippen LogP contribution in [0, 0.1) is 0 Å². The normalized spacial score (nSPS) is 13.5. The minimum Gasteiger partial charge on any atom is -0.335 e. The SMILES string of the molecule is CCCCC1=NN(C=CCc2ccccc2)CN1Cc1ccc(-c2ccccc2-c2nnn[nH]2)cc1. The molecule has 0 aliphatic carbocycles. The summed E-state index contributed by atoms with van der Waals surface area (Å²) < 4.78 is 0. The van der Waals surface area contributed by atoms with Crippen LogP contribution in [0.2, 0.25) is 0 Å². The number of nitrogens with zero attached hydrogens (tertiary/aromatic N) is 6. The first-order chi connectivity index (χ1) is 17.8. The number of aromatic nitrogens is 4. The Balaban J connectivity index is 1.27.